The third-order valence-corrected chi connectivity index (χ3v) is 9.76. The average molecular weight is 714 g/mol. The fourth-order valence-electron chi connectivity index (χ4n) is 7.21. The fraction of sp³-hybridized carbons (Fsp3) is 0.130. The van der Waals surface area contributed by atoms with E-state index in [1.165, 1.54) is 119 Å². The molecule has 0 bridgehead atoms. The van der Waals surface area contributed by atoms with Crippen LogP contribution in [0.4, 0.5) is 0 Å². The zero-order chi connectivity index (χ0) is 31.6. The Bertz CT molecular complexity index is 2300. The molecule has 1 aliphatic carbocycles. The van der Waals surface area contributed by atoms with Gasteiger partial charge in [0.2, 0.25) is 0 Å². The summed E-state index contributed by atoms with van der Waals surface area (Å²) < 4.78 is 0. The summed E-state index contributed by atoms with van der Waals surface area (Å²) in [5, 5.41) is 10.8. The molecule has 1 aliphatic rings. The molecule has 0 heterocycles. The molecule has 0 N–H and O–H groups in total. The summed E-state index contributed by atoms with van der Waals surface area (Å²) in [6.45, 7) is 7.42. The van der Waals surface area contributed by atoms with Crippen molar-refractivity contribution in [1.82, 2.24) is 0 Å². The number of fused-ring (bicyclic) bond motifs is 4. The Balaban J connectivity index is 0.000000173. The molecule has 2 heteroatoms. The monoisotopic (exact) mass is 712 g/mol. The molecular weight excluding hydrogens is 672 g/mol. The summed E-state index contributed by atoms with van der Waals surface area (Å²) in [6, 6.07) is 51.2. The first-order valence-electron chi connectivity index (χ1n) is 16.2. The van der Waals surface area contributed by atoms with Crippen molar-refractivity contribution in [1.29, 1.82) is 0 Å². The molecule has 0 atom stereocenters. The van der Waals surface area contributed by atoms with Gasteiger partial charge in [-0.2, -0.15) is 12.1 Å². The summed E-state index contributed by atoms with van der Waals surface area (Å²) in [7, 11) is 0. The van der Waals surface area contributed by atoms with Crippen molar-refractivity contribution in [3.05, 3.63) is 171 Å². The molecule has 0 unspecified atom stereocenters. The van der Waals surface area contributed by atoms with Gasteiger partial charge in [0.05, 0.1) is 0 Å². The summed E-state index contributed by atoms with van der Waals surface area (Å²) in [5.74, 6) is 0.794. The van der Waals surface area contributed by atoms with Crippen LogP contribution in [0.5, 0.6) is 0 Å². The summed E-state index contributed by atoms with van der Waals surface area (Å²) in [5.41, 5.74) is 9.59. The number of rotatable bonds is 3. The molecule has 1 fully saturated rings. The standard InChI is InChI=1S/C23H19.C21H17.2CH3.Si.Zr/c1-2-11-20-17(6-1)9-4-12-21(20)22-13-5-10-18-14-19(15-23(18)22)16-7-3-8-16;1-14-12-20-15(2)10-11-19(21(20)13-14)18-9-5-7-16-6-3-4-8-17(16)18;;;;/h1-2,4-6,9-16H,3,7-8H2;3-13H,1-2H3;2*1H3;;/q4*-1;;. The number of benzene rings is 6. The molecule has 0 nitrogen and oxygen atoms in total. The maximum absolute atomic E-state index is 3.06. The van der Waals surface area contributed by atoms with E-state index in [1.807, 2.05) is 0 Å². The predicted molar refractivity (Wildman–Crippen MR) is 210 cm³/mol. The second-order valence-corrected chi connectivity index (χ2v) is 12.6. The van der Waals surface area contributed by atoms with Crippen LogP contribution in [0.2, 0.25) is 0 Å². The fourth-order valence-corrected chi connectivity index (χ4v) is 7.21. The van der Waals surface area contributed by atoms with Crippen LogP contribution in [-0.2, 0) is 23.3 Å². The Kier molecular flexibility index (Phi) is 11.5. The molecule has 1 saturated carbocycles. The van der Waals surface area contributed by atoms with Crippen LogP contribution in [0.25, 0.3) is 65.3 Å². The first-order chi connectivity index (χ1) is 22.6. The van der Waals surface area contributed by atoms with E-state index in [0.717, 1.165) is 5.92 Å². The van der Waals surface area contributed by atoms with E-state index in [-0.39, 0.29) is 14.9 Å². The SMILES string of the molecule is Cc1cc2c(-c3cccc4ccccc34)ccc(C)c2[cH-]1.[CH3-].[CH3-].[Si]=[Zr].c1ccc2c(-c3cccc4[cH-]c(C5CCC5)cc34)cccc2c1. The Labute approximate surface area is 303 Å². The van der Waals surface area contributed by atoms with Gasteiger partial charge >= 0.3 is 30.2 Å². The molecule has 238 valence electrons. The van der Waals surface area contributed by atoms with E-state index in [2.05, 4.69) is 160 Å². The zero-order valence-electron chi connectivity index (χ0n) is 28.5. The van der Waals surface area contributed by atoms with Crippen molar-refractivity contribution in [2.45, 2.75) is 39.0 Å². The van der Waals surface area contributed by atoms with E-state index in [0.29, 0.717) is 0 Å². The van der Waals surface area contributed by atoms with Crippen LogP contribution < -0.4 is 0 Å². The summed E-state index contributed by atoms with van der Waals surface area (Å²) >= 11 is 1.36. The summed E-state index contributed by atoms with van der Waals surface area (Å²) in [6.07, 6.45) is 4.11. The maximum Gasteiger partial charge on any atom is -0.0114 e. The first kappa shape index (κ1) is 35.5. The quantitative estimate of drug-likeness (QED) is 0.126. The maximum atomic E-state index is 3.06. The molecular formula is C46H42SiZr-4. The molecule has 8 aromatic rings. The molecule has 9 rings (SSSR count). The number of aryl methyl sites for hydroxylation is 2. The minimum Gasteiger partial charge on any atom is -0.164 e. The average Bonchev–Trinajstić information content (AvgIpc) is 3.69. The van der Waals surface area contributed by atoms with Gasteiger partial charge in [0, 0.05) is 0 Å². The van der Waals surface area contributed by atoms with E-state index in [1.54, 1.807) is 5.56 Å². The smallest absolute Gasteiger partial charge is 0.0114 e. The molecule has 0 aliphatic heterocycles. The molecule has 0 spiro atoms. The molecule has 48 heavy (non-hydrogen) atoms. The first-order valence-corrected chi connectivity index (χ1v) is 20.4. The molecule has 0 amide bonds. The largest absolute Gasteiger partial charge is 0.164 e. The molecule has 8 aromatic carbocycles. The Morgan fingerprint density at radius 2 is 1.06 bits per heavy atom. The van der Waals surface area contributed by atoms with E-state index in [4.69, 9.17) is 0 Å². The minimum atomic E-state index is 0. The molecule has 0 aromatic heterocycles. The Morgan fingerprint density at radius 3 is 1.65 bits per heavy atom. The predicted octanol–water partition coefficient (Wildman–Crippen LogP) is 13.2. The van der Waals surface area contributed by atoms with Gasteiger partial charge in [0.15, 0.2) is 0 Å². The van der Waals surface area contributed by atoms with Crippen molar-refractivity contribution < 1.29 is 23.3 Å². The Morgan fingerprint density at radius 1 is 0.542 bits per heavy atom. The van der Waals surface area contributed by atoms with E-state index in [9.17, 15) is 0 Å². The van der Waals surface area contributed by atoms with Crippen molar-refractivity contribution in [2.24, 2.45) is 0 Å². The number of hydrogen-bond acceptors (Lipinski definition) is 0. The second kappa shape index (κ2) is 15.6. The van der Waals surface area contributed by atoms with Crippen LogP contribution in [-0.4, -0.2) is 6.88 Å². The number of hydrogen-bond donors (Lipinski definition) is 0. The second-order valence-electron chi connectivity index (χ2n) is 12.6. The Hall–Kier alpha value is -3.84. The van der Waals surface area contributed by atoms with Crippen molar-refractivity contribution >= 4 is 50.0 Å². The van der Waals surface area contributed by atoms with Crippen molar-refractivity contribution in [2.75, 3.05) is 0 Å². The van der Waals surface area contributed by atoms with Gasteiger partial charge in [0.1, 0.15) is 0 Å². The van der Waals surface area contributed by atoms with Crippen LogP contribution in [0, 0.1) is 28.7 Å². The molecule has 0 saturated heterocycles. The third kappa shape index (κ3) is 6.71. The zero-order valence-corrected chi connectivity index (χ0v) is 31.9. The van der Waals surface area contributed by atoms with Gasteiger partial charge in [-0.25, -0.2) is 0 Å². The van der Waals surface area contributed by atoms with Crippen LogP contribution in [0.3, 0.4) is 0 Å². The van der Waals surface area contributed by atoms with Gasteiger partial charge in [-0.15, -0.1) is 68.6 Å². The van der Waals surface area contributed by atoms with Crippen LogP contribution in [0.15, 0.2) is 140 Å². The normalized spacial score (nSPS) is 12.3. The van der Waals surface area contributed by atoms with Gasteiger partial charge in [-0.3, -0.25) is 0 Å². The van der Waals surface area contributed by atoms with Gasteiger partial charge in [0.25, 0.3) is 0 Å². The van der Waals surface area contributed by atoms with Gasteiger partial charge in [-0.1, -0.05) is 128 Å². The van der Waals surface area contributed by atoms with Crippen molar-refractivity contribution in [3.63, 3.8) is 0 Å². The topological polar surface area (TPSA) is 0 Å². The van der Waals surface area contributed by atoms with E-state index < -0.39 is 0 Å². The third-order valence-electron chi connectivity index (χ3n) is 9.76. The van der Waals surface area contributed by atoms with Crippen LogP contribution >= 0.6 is 0 Å². The van der Waals surface area contributed by atoms with Gasteiger partial charge in [-0.05, 0) is 51.4 Å². The van der Waals surface area contributed by atoms with Gasteiger partial charge < -0.3 is 14.9 Å². The molecule has 2 radical (unpaired) electrons. The minimum absolute atomic E-state index is 0. The van der Waals surface area contributed by atoms with Crippen molar-refractivity contribution in [3.8, 4) is 22.3 Å². The van der Waals surface area contributed by atoms with Crippen LogP contribution in [0.1, 0.15) is 41.9 Å². The van der Waals surface area contributed by atoms with E-state index >= 15 is 0 Å². The summed E-state index contributed by atoms with van der Waals surface area (Å²) in [4.78, 5) is 0.